The van der Waals surface area contributed by atoms with Gasteiger partial charge in [0, 0.05) is 6.54 Å². The smallest absolute Gasteiger partial charge is 0.382 e. The van der Waals surface area contributed by atoms with Crippen LogP contribution in [0.4, 0.5) is 26.3 Å². The molecule has 0 saturated carbocycles. The summed E-state index contributed by atoms with van der Waals surface area (Å²) in [4.78, 5) is 11.5. The summed E-state index contributed by atoms with van der Waals surface area (Å²) >= 11 is 0. The summed E-state index contributed by atoms with van der Waals surface area (Å²) in [5.41, 5.74) is -2.74. The van der Waals surface area contributed by atoms with E-state index >= 15 is 0 Å². The van der Waals surface area contributed by atoms with Crippen molar-refractivity contribution in [2.75, 3.05) is 19.6 Å². The van der Waals surface area contributed by atoms with Crippen LogP contribution in [-0.4, -0.2) is 49.1 Å². The van der Waals surface area contributed by atoms with Gasteiger partial charge in [0.15, 0.2) is 11.5 Å². The molecule has 112 valence electrons. The van der Waals surface area contributed by atoms with Gasteiger partial charge in [-0.15, -0.1) is 0 Å². The maximum atomic E-state index is 12.8. The molecule has 1 heterocycles. The van der Waals surface area contributed by atoms with Crippen LogP contribution in [0, 0.1) is 5.41 Å². The summed E-state index contributed by atoms with van der Waals surface area (Å²) in [5, 5.41) is 12.5. The van der Waals surface area contributed by atoms with E-state index < -0.39 is 49.3 Å². The summed E-state index contributed by atoms with van der Waals surface area (Å²) in [5.74, 6) is -1.56. The number of rotatable bonds is 3. The molecule has 4 nitrogen and oxygen atoms in total. The Hall–Kier alpha value is -1.03. The summed E-state index contributed by atoms with van der Waals surface area (Å²) < 4.78 is 74.4. The third-order valence-corrected chi connectivity index (χ3v) is 2.97. The number of carbonyl (C=O) groups excluding carboxylic acids is 1. The second-order valence-electron chi connectivity index (χ2n) is 4.27. The van der Waals surface area contributed by atoms with Gasteiger partial charge in [0.05, 0.1) is 6.54 Å². The van der Waals surface area contributed by atoms with E-state index in [1.807, 2.05) is 0 Å². The number of hydrogen-bond acceptors (Lipinski definition) is 3. The van der Waals surface area contributed by atoms with Gasteiger partial charge >= 0.3 is 12.4 Å². The first-order valence-corrected chi connectivity index (χ1v) is 5.31. The van der Waals surface area contributed by atoms with Gasteiger partial charge in [0.25, 0.3) is 0 Å². The number of alkyl halides is 6. The fourth-order valence-electron chi connectivity index (χ4n) is 1.73. The van der Waals surface area contributed by atoms with Crippen LogP contribution in [0.2, 0.25) is 0 Å². The first-order valence-electron chi connectivity index (χ1n) is 5.31. The highest BCUT2D eigenvalue weighted by atomic mass is 19.4. The molecule has 0 aromatic carbocycles. The maximum Gasteiger partial charge on any atom is 0.416 e. The number of aliphatic hydroxyl groups is 1. The lowest BCUT2D eigenvalue weighted by atomic mass is 9.85. The number of carbonyl (C=O) groups is 1. The summed E-state index contributed by atoms with van der Waals surface area (Å²) in [7, 11) is 0. The van der Waals surface area contributed by atoms with Crippen molar-refractivity contribution in [2.24, 2.45) is 5.41 Å². The summed E-state index contributed by atoms with van der Waals surface area (Å²) in [6, 6.07) is 0. The first-order chi connectivity index (χ1) is 8.51. The normalized spacial score (nSPS) is 26.3. The van der Waals surface area contributed by atoms with Crippen LogP contribution < -0.4 is 10.6 Å². The number of aliphatic hydroxyl groups excluding tert-OH is 1. The Morgan fingerprint density at radius 1 is 1.32 bits per heavy atom. The van der Waals surface area contributed by atoms with Gasteiger partial charge in [-0.25, -0.2) is 0 Å². The van der Waals surface area contributed by atoms with Crippen LogP contribution in [-0.2, 0) is 4.79 Å². The highest BCUT2D eigenvalue weighted by Crippen LogP contribution is 2.43. The minimum absolute atomic E-state index is 0.0608. The van der Waals surface area contributed by atoms with E-state index in [0.717, 1.165) is 0 Å². The van der Waals surface area contributed by atoms with Crippen LogP contribution in [0.15, 0.2) is 0 Å². The van der Waals surface area contributed by atoms with Crippen LogP contribution in [0.3, 0.4) is 0 Å². The fraction of sp³-hybridized carbons (Fsp3) is 0.889. The second kappa shape index (κ2) is 5.16. The van der Waals surface area contributed by atoms with Gasteiger partial charge in [0.2, 0.25) is 5.91 Å². The Labute approximate surface area is 104 Å². The number of halogens is 6. The van der Waals surface area contributed by atoms with E-state index in [1.54, 1.807) is 0 Å². The largest absolute Gasteiger partial charge is 0.416 e. The highest BCUT2D eigenvalue weighted by Gasteiger charge is 2.61. The monoisotopic (exact) mass is 294 g/mol. The van der Waals surface area contributed by atoms with Gasteiger partial charge < -0.3 is 15.7 Å². The molecule has 1 amide bonds. The zero-order valence-electron chi connectivity index (χ0n) is 9.53. The average molecular weight is 294 g/mol. The van der Waals surface area contributed by atoms with Crippen LogP contribution in [0.25, 0.3) is 0 Å². The van der Waals surface area contributed by atoms with Gasteiger partial charge in [-0.1, -0.05) is 0 Å². The summed E-state index contributed by atoms with van der Waals surface area (Å²) in [6.07, 6.45) is -13.3. The molecule has 1 fully saturated rings. The number of hydrogen-bond donors (Lipinski definition) is 3. The minimum Gasteiger partial charge on any atom is -0.382 e. The Morgan fingerprint density at radius 2 is 1.89 bits per heavy atom. The molecule has 1 aliphatic rings. The van der Waals surface area contributed by atoms with Crippen LogP contribution in [0.1, 0.15) is 6.42 Å². The lowest BCUT2D eigenvalue weighted by Crippen LogP contribution is -2.54. The Kier molecular flexibility index (Phi) is 4.35. The average Bonchev–Trinajstić information content (AvgIpc) is 2.73. The standard InChI is InChI=1S/C9H12F6N2O2/c10-8(11,12)5(18)3-17-6(19)7(9(13,14)15)1-2-16-4-7/h5,16,18H,1-4H2,(H,17,19). The molecular weight excluding hydrogens is 282 g/mol. The molecule has 0 aliphatic carbocycles. The maximum absolute atomic E-state index is 12.8. The topological polar surface area (TPSA) is 61.4 Å². The summed E-state index contributed by atoms with van der Waals surface area (Å²) in [6.45, 7) is -2.06. The van der Waals surface area contributed by atoms with Crippen molar-refractivity contribution in [3.63, 3.8) is 0 Å². The van der Waals surface area contributed by atoms with Crippen molar-refractivity contribution in [1.82, 2.24) is 10.6 Å². The zero-order valence-corrected chi connectivity index (χ0v) is 9.53. The molecule has 2 unspecified atom stereocenters. The van der Waals surface area contributed by atoms with E-state index in [0.29, 0.717) is 0 Å². The predicted octanol–water partition coefficient (Wildman–Crippen LogP) is 0.568. The Bertz CT molecular complexity index is 335. The van der Waals surface area contributed by atoms with Gasteiger partial charge in [0.1, 0.15) is 0 Å². The van der Waals surface area contributed by atoms with E-state index in [4.69, 9.17) is 5.11 Å². The molecule has 0 bridgehead atoms. The molecular formula is C9H12F6N2O2. The molecule has 1 aliphatic heterocycles. The van der Waals surface area contributed by atoms with Crippen molar-refractivity contribution in [3.05, 3.63) is 0 Å². The van der Waals surface area contributed by atoms with E-state index in [1.165, 1.54) is 5.32 Å². The molecule has 0 aromatic heterocycles. The SMILES string of the molecule is O=C(NCC(O)C(F)(F)F)C1(C(F)(F)F)CCNC1. The Morgan fingerprint density at radius 3 is 2.26 bits per heavy atom. The Balaban J connectivity index is 2.71. The second-order valence-corrected chi connectivity index (χ2v) is 4.27. The zero-order chi connectivity index (χ0) is 14.9. The quantitative estimate of drug-likeness (QED) is 0.667. The third-order valence-electron chi connectivity index (χ3n) is 2.97. The van der Waals surface area contributed by atoms with Crippen LogP contribution >= 0.6 is 0 Å². The lowest BCUT2D eigenvalue weighted by Gasteiger charge is -2.29. The van der Waals surface area contributed by atoms with Gasteiger partial charge in [-0.05, 0) is 13.0 Å². The first kappa shape index (κ1) is 16.0. The predicted molar refractivity (Wildman–Crippen MR) is 51.0 cm³/mol. The molecule has 3 N–H and O–H groups in total. The lowest BCUT2D eigenvalue weighted by molar-refractivity contribution is -0.218. The highest BCUT2D eigenvalue weighted by molar-refractivity contribution is 5.84. The van der Waals surface area contributed by atoms with Crippen LogP contribution in [0.5, 0.6) is 0 Å². The molecule has 10 heteroatoms. The number of nitrogens with one attached hydrogen (secondary N) is 2. The van der Waals surface area contributed by atoms with Crippen molar-refractivity contribution < 1.29 is 36.2 Å². The minimum atomic E-state index is -4.99. The molecule has 0 aromatic rings. The van der Waals surface area contributed by atoms with Crippen molar-refractivity contribution in [1.29, 1.82) is 0 Å². The molecule has 0 spiro atoms. The van der Waals surface area contributed by atoms with E-state index in [9.17, 15) is 31.1 Å². The molecule has 1 rings (SSSR count). The van der Waals surface area contributed by atoms with Crippen molar-refractivity contribution in [3.8, 4) is 0 Å². The molecule has 1 saturated heterocycles. The third kappa shape index (κ3) is 3.30. The van der Waals surface area contributed by atoms with Gasteiger partial charge in [-0.2, -0.15) is 26.3 Å². The number of amides is 1. The van der Waals surface area contributed by atoms with Gasteiger partial charge in [-0.3, -0.25) is 4.79 Å². The fourth-order valence-corrected chi connectivity index (χ4v) is 1.73. The molecule has 19 heavy (non-hydrogen) atoms. The molecule has 2 atom stereocenters. The van der Waals surface area contributed by atoms with Crippen molar-refractivity contribution in [2.45, 2.75) is 24.9 Å². The van der Waals surface area contributed by atoms with E-state index in [2.05, 4.69) is 5.32 Å². The van der Waals surface area contributed by atoms with E-state index in [-0.39, 0.29) is 6.54 Å². The van der Waals surface area contributed by atoms with Crippen molar-refractivity contribution >= 4 is 5.91 Å². The molecule has 0 radical (unpaired) electrons.